The molecule has 0 saturated heterocycles. The monoisotopic (exact) mass is 578 g/mol. The zero-order valence-electron chi connectivity index (χ0n) is 20.4. The van der Waals surface area contributed by atoms with Crippen LogP contribution in [0.3, 0.4) is 0 Å². The van der Waals surface area contributed by atoms with Crippen molar-refractivity contribution in [2.45, 2.75) is 6.54 Å². The van der Waals surface area contributed by atoms with Crippen LogP contribution in [0.5, 0.6) is 17.2 Å². The number of hydrogen-bond acceptors (Lipinski definition) is 12. The topological polar surface area (TPSA) is 152 Å². The molecule has 2 aromatic carbocycles. The lowest BCUT2D eigenvalue weighted by Crippen LogP contribution is -2.09. The van der Waals surface area contributed by atoms with Crippen molar-refractivity contribution in [3.63, 3.8) is 0 Å². The first-order chi connectivity index (χ1) is 18.6. The van der Waals surface area contributed by atoms with Crippen LogP contribution in [-0.2, 0) is 6.54 Å². The van der Waals surface area contributed by atoms with E-state index in [1.54, 1.807) is 37.8 Å². The summed E-state index contributed by atoms with van der Waals surface area (Å²) in [7, 11) is 3.12. The maximum Gasteiger partial charge on any atom is 0.250 e. The minimum Gasteiger partial charge on any atom is -0.497 e. The molecular weight excluding hydrogens is 556 g/mol. The largest absolute Gasteiger partial charge is 0.497 e. The molecule has 0 saturated carbocycles. The second-order valence-electron chi connectivity index (χ2n) is 7.44. The molecule has 0 amide bonds. The number of nitrogens with zero attached hydrogens (tertiary/aromatic N) is 5. The van der Waals surface area contributed by atoms with E-state index in [-0.39, 0.29) is 12.6 Å². The molecule has 13 heteroatoms. The van der Waals surface area contributed by atoms with Crippen LogP contribution in [0.25, 0.3) is 0 Å². The van der Waals surface area contributed by atoms with Crippen molar-refractivity contribution in [1.82, 2.24) is 15.0 Å². The van der Waals surface area contributed by atoms with Crippen molar-refractivity contribution in [3.8, 4) is 23.3 Å². The fraction of sp³-hybridized carbons (Fsp3) is 0.160. The van der Waals surface area contributed by atoms with Crippen LogP contribution in [0.1, 0.15) is 11.3 Å². The summed E-state index contributed by atoms with van der Waals surface area (Å²) in [4.78, 5) is 13.2. The maximum absolute atomic E-state index is 8.79. The van der Waals surface area contributed by atoms with E-state index < -0.39 is 0 Å². The molecule has 0 unspecified atom stereocenters. The highest BCUT2D eigenvalue weighted by Crippen LogP contribution is 2.36. The molecule has 3 N–H and O–H groups in total. The second-order valence-corrected chi connectivity index (χ2v) is 8.30. The average molecular weight is 579 g/mol. The molecule has 4 aromatic rings. The van der Waals surface area contributed by atoms with Gasteiger partial charge in [-0.15, -0.1) is 0 Å². The first kappa shape index (κ1) is 26.2. The van der Waals surface area contributed by atoms with Gasteiger partial charge in [-0.3, -0.25) is 0 Å². The Morgan fingerprint density at radius 2 is 1.84 bits per heavy atom. The lowest BCUT2D eigenvalue weighted by molar-refractivity contribution is 0.327. The van der Waals surface area contributed by atoms with Crippen LogP contribution in [0.15, 0.2) is 68.8 Å². The normalized spacial score (nSPS) is 10.6. The van der Waals surface area contributed by atoms with Crippen molar-refractivity contribution < 1.29 is 18.6 Å². The Morgan fingerprint density at radius 3 is 2.55 bits per heavy atom. The van der Waals surface area contributed by atoms with Crippen LogP contribution in [0.2, 0.25) is 0 Å². The Hall–Kier alpha value is -4.83. The van der Waals surface area contributed by atoms with E-state index in [0.717, 1.165) is 17.2 Å². The van der Waals surface area contributed by atoms with E-state index in [1.807, 2.05) is 36.4 Å². The summed E-state index contributed by atoms with van der Waals surface area (Å²) < 4.78 is 22.0. The third-order valence-corrected chi connectivity index (χ3v) is 5.48. The Bertz CT molecular complexity index is 1420. The highest BCUT2D eigenvalue weighted by atomic mass is 79.9. The first-order valence-corrected chi connectivity index (χ1v) is 12.0. The van der Waals surface area contributed by atoms with Gasteiger partial charge in [-0.25, -0.2) is 5.43 Å². The molecule has 0 fully saturated rings. The Kier molecular flexibility index (Phi) is 8.93. The molecule has 194 valence electrons. The molecule has 2 heterocycles. The number of nitrogens with one attached hydrogen (secondary N) is 3. The predicted molar refractivity (Wildman–Crippen MR) is 145 cm³/mol. The zero-order chi connectivity index (χ0) is 26.7. The molecular formula is C25H23BrN8O4. The van der Waals surface area contributed by atoms with Crippen molar-refractivity contribution in [2.75, 3.05) is 36.9 Å². The fourth-order valence-electron chi connectivity index (χ4n) is 3.17. The molecule has 4 rings (SSSR count). The predicted octanol–water partition coefficient (Wildman–Crippen LogP) is 4.95. The van der Waals surface area contributed by atoms with Gasteiger partial charge in [0.15, 0.2) is 18.1 Å². The molecule has 0 aliphatic carbocycles. The van der Waals surface area contributed by atoms with Gasteiger partial charge in [0.25, 0.3) is 0 Å². The van der Waals surface area contributed by atoms with Crippen molar-refractivity contribution >= 4 is 45.7 Å². The molecule has 0 radical (unpaired) electrons. The molecule has 12 nitrogen and oxygen atoms in total. The minimum absolute atomic E-state index is 0.105. The van der Waals surface area contributed by atoms with E-state index in [2.05, 4.69) is 52.0 Å². The summed E-state index contributed by atoms with van der Waals surface area (Å²) in [6.45, 7) is 0.280. The highest BCUT2D eigenvalue weighted by Gasteiger charge is 2.12. The number of anilines is 4. The zero-order valence-corrected chi connectivity index (χ0v) is 22.0. The quantitative estimate of drug-likeness (QED) is 0.154. The third kappa shape index (κ3) is 7.11. The lowest BCUT2D eigenvalue weighted by Gasteiger charge is -2.11. The van der Waals surface area contributed by atoms with Gasteiger partial charge in [0, 0.05) is 5.69 Å². The molecule has 0 aliphatic heterocycles. The molecule has 0 aliphatic rings. The van der Waals surface area contributed by atoms with Gasteiger partial charge >= 0.3 is 0 Å². The van der Waals surface area contributed by atoms with Crippen LogP contribution in [0.4, 0.5) is 23.5 Å². The van der Waals surface area contributed by atoms with E-state index in [9.17, 15) is 0 Å². The van der Waals surface area contributed by atoms with Gasteiger partial charge in [-0.1, -0.05) is 0 Å². The van der Waals surface area contributed by atoms with Crippen molar-refractivity contribution in [1.29, 1.82) is 5.26 Å². The van der Waals surface area contributed by atoms with E-state index in [4.69, 9.17) is 23.9 Å². The number of nitriles is 1. The summed E-state index contributed by atoms with van der Waals surface area (Å²) in [5.74, 6) is 3.15. The molecule has 2 aromatic heterocycles. The number of hydrogen-bond donors (Lipinski definition) is 3. The number of furan rings is 1. The first-order valence-electron chi connectivity index (χ1n) is 11.2. The van der Waals surface area contributed by atoms with Gasteiger partial charge in [-0.05, 0) is 70.0 Å². The number of methoxy groups -OCH3 is 2. The molecule has 0 spiro atoms. The summed E-state index contributed by atoms with van der Waals surface area (Å²) >= 11 is 3.44. The van der Waals surface area contributed by atoms with Gasteiger partial charge < -0.3 is 29.3 Å². The SMILES string of the molecule is COc1ccc(Nc2nc(NCc3ccco3)nc(NN=Cc3cc(Br)c(OCC#N)c(OC)c3)n2)cc1. The van der Waals surface area contributed by atoms with Gasteiger partial charge in [0.05, 0.1) is 37.7 Å². The van der Waals surface area contributed by atoms with Gasteiger partial charge in [0.1, 0.15) is 17.6 Å². The Labute approximate surface area is 226 Å². The van der Waals surface area contributed by atoms with Crippen LogP contribution < -0.4 is 30.3 Å². The van der Waals surface area contributed by atoms with Gasteiger partial charge in [0.2, 0.25) is 17.8 Å². The fourth-order valence-corrected chi connectivity index (χ4v) is 3.74. The second kappa shape index (κ2) is 12.9. The number of aromatic nitrogens is 3. The maximum atomic E-state index is 8.79. The number of hydrazone groups is 1. The summed E-state index contributed by atoms with van der Waals surface area (Å²) in [5.41, 5.74) is 4.29. The Balaban J connectivity index is 1.53. The number of halogens is 1. The smallest absolute Gasteiger partial charge is 0.250 e. The highest BCUT2D eigenvalue weighted by molar-refractivity contribution is 9.10. The lowest BCUT2D eigenvalue weighted by atomic mass is 10.2. The average Bonchev–Trinajstić information content (AvgIpc) is 3.45. The van der Waals surface area contributed by atoms with Crippen LogP contribution in [-0.4, -0.2) is 42.0 Å². The standard InChI is InChI=1S/C25H23BrN8O4/c1-35-18-7-5-17(6-8-18)30-24-31-23(28-15-19-4-3-10-37-19)32-25(33-24)34-29-14-16-12-20(26)22(38-11-9-27)21(13-16)36-2/h3-8,10,12-14H,11,15H2,1-2H3,(H3,28,30,31,32,33,34). The van der Waals surface area contributed by atoms with Crippen molar-refractivity contribution in [3.05, 3.63) is 70.6 Å². The van der Waals surface area contributed by atoms with E-state index >= 15 is 0 Å². The van der Waals surface area contributed by atoms with E-state index in [1.165, 1.54) is 7.11 Å². The number of ether oxygens (including phenoxy) is 3. The van der Waals surface area contributed by atoms with Crippen LogP contribution >= 0.6 is 15.9 Å². The molecule has 0 atom stereocenters. The number of rotatable bonds is 12. The minimum atomic E-state index is -0.105. The van der Waals surface area contributed by atoms with E-state index in [0.29, 0.717) is 40.0 Å². The summed E-state index contributed by atoms with van der Waals surface area (Å²) in [6, 6.07) is 16.4. The number of benzene rings is 2. The Morgan fingerprint density at radius 1 is 1.05 bits per heavy atom. The van der Waals surface area contributed by atoms with Crippen LogP contribution in [0, 0.1) is 11.3 Å². The summed E-state index contributed by atoms with van der Waals surface area (Å²) in [5, 5.41) is 19.3. The van der Waals surface area contributed by atoms with Gasteiger partial charge in [-0.2, -0.15) is 25.3 Å². The molecule has 38 heavy (non-hydrogen) atoms. The third-order valence-electron chi connectivity index (χ3n) is 4.89. The molecule has 0 bridgehead atoms. The van der Waals surface area contributed by atoms with Crippen molar-refractivity contribution in [2.24, 2.45) is 5.10 Å². The summed E-state index contributed by atoms with van der Waals surface area (Å²) in [6.07, 6.45) is 3.16.